The average molecular weight is 358 g/mol. The highest BCUT2D eigenvalue weighted by Gasteiger charge is 2.28. The number of carbonyl (C=O) groups excluding carboxylic acids is 3. The van der Waals surface area contributed by atoms with Crippen molar-refractivity contribution < 1.29 is 19.1 Å². The van der Waals surface area contributed by atoms with Gasteiger partial charge in [0.05, 0.1) is 0 Å². The summed E-state index contributed by atoms with van der Waals surface area (Å²) in [7, 11) is 0. The summed E-state index contributed by atoms with van der Waals surface area (Å²) in [6.45, 7) is 3.76. The molecule has 0 spiro atoms. The van der Waals surface area contributed by atoms with Crippen LogP contribution in [0.1, 0.15) is 18.4 Å². The molecule has 0 saturated carbocycles. The molecule has 138 valence electrons. The largest absolute Gasteiger partial charge is 0.484 e. The fourth-order valence-electron chi connectivity index (χ4n) is 2.91. The smallest absolute Gasteiger partial charge is 0.270 e. The lowest BCUT2D eigenvalue weighted by Gasteiger charge is -2.35. The summed E-state index contributed by atoms with van der Waals surface area (Å²) < 4.78 is 5.55. The van der Waals surface area contributed by atoms with Gasteiger partial charge in [-0.05, 0) is 24.6 Å². The molecule has 26 heavy (non-hydrogen) atoms. The second-order valence-electron chi connectivity index (χ2n) is 6.37. The van der Waals surface area contributed by atoms with E-state index in [-0.39, 0.29) is 30.7 Å². The number of aryl methyl sites for hydroxylation is 1. The molecule has 2 aliphatic rings. The summed E-state index contributed by atoms with van der Waals surface area (Å²) in [5.74, 6) is 0.226. The van der Waals surface area contributed by atoms with Crippen LogP contribution in [0, 0.1) is 6.92 Å². The predicted molar refractivity (Wildman–Crippen MR) is 94.6 cm³/mol. The Hall–Kier alpha value is -2.90. The molecule has 0 radical (unpaired) electrons. The zero-order valence-electron chi connectivity index (χ0n) is 14.7. The van der Waals surface area contributed by atoms with Crippen molar-refractivity contribution in [3.05, 3.63) is 29.8 Å². The molecule has 1 aromatic carbocycles. The number of ether oxygens (including phenoxy) is 1. The first-order valence-corrected chi connectivity index (χ1v) is 8.65. The number of amides is 3. The summed E-state index contributed by atoms with van der Waals surface area (Å²) in [6.07, 6.45) is 0.632. The second kappa shape index (κ2) is 7.99. The van der Waals surface area contributed by atoms with E-state index in [0.717, 1.165) is 5.56 Å². The minimum atomic E-state index is -0.175. The van der Waals surface area contributed by atoms with Gasteiger partial charge < -0.3 is 14.5 Å². The number of hydrogen-bond acceptors (Lipinski definition) is 5. The molecule has 0 unspecified atom stereocenters. The van der Waals surface area contributed by atoms with Gasteiger partial charge in [-0.3, -0.25) is 14.4 Å². The summed E-state index contributed by atoms with van der Waals surface area (Å²) in [4.78, 5) is 39.2. The van der Waals surface area contributed by atoms with Crippen LogP contribution in [0.3, 0.4) is 0 Å². The quantitative estimate of drug-likeness (QED) is 0.839. The summed E-state index contributed by atoms with van der Waals surface area (Å²) >= 11 is 0. The van der Waals surface area contributed by atoms with Gasteiger partial charge in [-0.1, -0.05) is 12.1 Å². The van der Waals surface area contributed by atoms with Crippen LogP contribution in [0.25, 0.3) is 0 Å². The van der Waals surface area contributed by atoms with Crippen LogP contribution in [-0.4, -0.2) is 66.0 Å². The number of nitrogens with zero attached hydrogens (tertiary/aromatic N) is 3. The van der Waals surface area contributed by atoms with Gasteiger partial charge in [0.25, 0.3) is 11.8 Å². The SMILES string of the molecule is Cc1cccc(OCC(=O)N2CCN(C(=O)C3=NNC(=O)CC3)CC2)c1. The van der Waals surface area contributed by atoms with Crippen molar-refractivity contribution in [3.63, 3.8) is 0 Å². The molecule has 2 heterocycles. The van der Waals surface area contributed by atoms with E-state index in [1.807, 2.05) is 31.2 Å². The van der Waals surface area contributed by atoms with E-state index >= 15 is 0 Å². The lowest BCUT2D eigenvalue weighted by molar-refractivity contribution is -0.138. The van der Waals surface area contributed by atoms with Gasteiger partial charge in [-0.25, -0.2) is 5.43 Å². The minimum absolute atomic E-state index is 0.0177. The van der Waals surface area contributed by atoms with Crippen molar-refractivity contribution in [2.24, 2.45) is 5.10 Å². The first kappa shape index (κ1) is 17.9. The number of piperazine rings is 1. The molecule has 3 amide bonds. The van der Waals surface area contributed by atoms with Crippen LogP contribution in [-0.2, 0) is 14.4 Å². The maximum atomic E-state index is 12.4. The van der Waals surface area contributed by atoms with Crippen molar-refractivity contribution in [1.82, 2.24) is 15.2 Å². The summed E-state index contributed by atoms with van der Waals surface area (Å²) in [6, 6.07) is 7.55. The van der Waals surface area contributed by atoms with Gasteiger partial charge in [-0.2, -0.15) is 5.10 Å². The molecular weight excluding hydrogens is 336 g/mol. The van der Waals surface area contributed by atoms with Crippen molar-refractivity contribution >= 4 is 23.4 Å². The Morgan fingerprint density at radius 1 is 1.15 bits per heavy atom. The van der Waals surface area contributed by atoms with Gasteiger partial charge >= 0.3 is 0 Å². The van der Waals surface area contributed by atoms with Crippen LogP contribution in [0.5, 0.6) is 5.75 Å². The van der Waals surface area contributed by atoms with E-state index < -0.39 is 0 Å². The van der Waals surface area contributed by atoms with E-state index in [4.69, 9.17) is 4.74 Å². The van der Waals surface area contributed by atoms with Crippen LogP contribution < -0.4 is 10.2 Å². The van der Waals surface area contributed by atoms with Crippen LogP contribution >= 0.6 is 0 Å². The molecule has 1 saturated heterocycles. The zero-order valence-corrected chi connectivity index (χ0v) is 14.7. The summed E-state index contributed by atoms with van der Waals surface area (Å²) in [5, 5.41) is 3.84. The first-order valence-electron chi connectivity index (χ1n) is 8.65. The third-order valence-corrected chi connectivity index (χ3v) is 4.42. The molecule has 2 aliphatic heterocycles. The normalized spacial score (nSPS) is 17.4. The maximum absolute atomic E-state index is 12.4. The molecule has 8 heteroatoms. The Labute approximate surface area is 151 Å². The van der Waals surface area contributed by atoms with Crippen LogP contribution in [0.2, 0.25) is 0 Å². The zero-order chi connectivity index (χ0) is 18.5. The van der Waals surface area contributed by atoms with E-state index in [0.29, 0.717) is 44.1 Å². The molecule has 0 atom stereocenters. The molecule has 0 aromatic heterocycles. The number of nitrogens with one attached hydrogen (secondary N) is 1. The fourth-order valence-corrected chi connectivity index (χ4v) is 2.91. The van der Waals surface area contributed by atoms with Gasteiger partial charge in [0, 0.05) is 39.0 Å². The molecule has 0 aliphatic carbocycles. The third-order valence-electron chi connectivity index (χ3n) is 4.42. The highest BCUT2D eigenvalue weighted by molar-refractivity contribution is 6.39. The molecule has 1 fully saturated rings. The van der Waals surface area contributed by atoms with Crippen molar-refractivity contribution in [2.75, 3.05) is 32.8 Å². The van der Waals surface area contributed by atoms with Gasteiger partial charge in [-0.15, -0.1) is 0 Å². The van der Waals surface area contributed by atoms with Crippen LogP contribution in [0.15, 0.2) is 29.4 Å². The Balaban J connectivity index is 1.46. The first-order chi connectivity index (χ1) is 12.5. The monoisotopic (exact) mass is 358 g/mol. The molecule has 0 bridgehead atoms. The van der Waals surface area contributed by atoms with E-state index in [1.165, 1.54) is 0 Å². The Kier molecular flexibility index (Phi) is 5.50. The highest BCUT2D eigenvalue weighted by atomic mass is 16.5. The number of hydrazone groups is 1. The van der Waals surface area contributed by atoms with Crippen molar-refractivity contribution in [3.8, 4) is 5.75 Å². The van der Waals surface area contributed by atoms with E-state index in [2.05, 4.69) is 10.5 Å². The average Bonchev–Trinajstić information content (AvgIpc) is 2.66. The Bertz CT molecular complexity index is 738. The van der Waals surface area contributed by atoms with Crippen LogP contribution in [0.4, 0.5) is 0 Å². The van der Waals surface area contributed by atoms with Crippen molar-refractivity contribution in [2.45, 2.75) is 19.8 Å². The van der Waals surface area contributed by atoms with Crippen molar-refractivity contribution in [1.29, 1.82) is 0 Å². The number of rotatable bonds is 4. The molecule has 1 N–H and O–H groups in total. The summed E-state index contributed by atoms with van der Waals surface area (Å²) in [5.41, 5.74) is 3.78. The van der Waals surface area contributed by atoms with Gasteiger partial charge in [0.15, 0.2) is 6.61 Å². The van der Waals surface area contributed by atoms with Gasteiger partial charge in [0.1, 0.15) is 11.5 Å². The molecule has 3 rings (SSSR count). The topological polar surface area (TPSA) is 91.3 Å². The Morgan fingerprint density at radius 2 is 1.88 bits per heavy atom. The molecule has 1 aromatic rings. The molecular formula is C18H22N4O4. The molecule has 8 nitrogen and oxygen atoms in total. The standard InChI is InChI=1S/C18H22N4O4/c1-13-3-2-4-14(11-13)26-12-17(24)21-7-9-22(10-8-21)18(25)15-5-6-16(23)20-19-15/h2-4,11H,5-10,12H2,1H3,(H,20,23). The maximum Gasteiger partial charge on any atom is 0.270 e. The third kappa shape index (κ3) is 4.38. The lowest BCUT2D eigenvalue weighted by Crippen LogP contribution is -2.53. The highest BCUT2D eigenvalue weighted by Crippen LogP contribution is 2.13. The van der Waals surface area contributed by atoms with E-state index in [9.17, 15) is 14.4 Å². The number of benzene rings is 1. The fraction of sp³-hybridized carbons (Fsp3) is 0.444. The van der Waals surface area contributed by atoms with Gasteiger partial charge in [0.2, 0.25) is 5.91 Å². The lowest BCUT2D eigenvalue weighted by atomic mass is 10.1. The Morgan fingerprint density at radius 3 is 2.54 bits per heavy atom. The number of hydrogen-bond donors (Lipinski definition) is 1. The predicted octanol–water partition coefficient (Wildman–Crippen LogP) is 0.311. The second-order valence-corrected chi connectivity index (χ2v) is 6.37. The van der Waals surface area contributed by atoms with E-state index in [1.54, 1.807) is 9.80 Å². The minimum Gasteiger partial charge on any atom is -0.484 e. The number of carbonyl (C=O) groups is 3.